The summed E-state index contributed by atoms with van der Waals surface area (Å²) in [6.45, 7) is 1.68. The molecule has 1 saturated carbocycles. The van der Waals surface area contributed by atoms with E-state index >= 15 is 0 Å². The van der Waals surface area contributed by atoms with E-state index in [4.69, 9.17) is 10.8 Å². The van der Waals surface area contributed by atoms with E-state index in [0.717, 1.165) is 18.9 Å². The molecule has 2 aromatic rings. The van der Waals surface area contributed by atoms with Crippen LogP contribution in [0.25, 0.3) is 0 Å². The van der Waals surface area contributed by atoms with Crippen LogP contribution in [0.15, 0.2) is 30.3 Å². The maximum Gasteiger partial charge on any atom is 0.404 e. The van der Waals surface area contributed by atoms with Crippen molar-refractivity contribution in [3.8, 4) is 0 Å². The summed E-state index contributed by atoms with van der Waals surface area (Å²) in [6, 6.07) is 5.39. The predicted molar refractivity (Wildman–Crippen MR) is 103 cm³/mol. The Balaban J connectivity index is 1.90. The van der Waals surface area contributed by atoms with E-state index in [1.54, 1.807) is 6.92 Å². The Hall–Kier alpha value is -3.43. The number of carbonyl (C=O) groups is 2. The lowest BCUT2D eigenvalue weighted by atomic mass is 10.0. The summed E-state index contributed by atoms with van der Waals surface area (Å²) >= 11 is 0. The molecule has 29 heavy (non-hydrogen) atoms. The predicted octanol–water partition coefficient (Wildman–Crippen LogP) is 3.05. The number of benzene rings is 1. The van der Waals surface area contributed by atoms with Gasteiger partial charge in [0, 0.05) is 11.7 Å². The maximum absolute atomic E-state index is 14.6. The molecular weight excluding hydrogens is 384 g/mol. The summed E-state index contributed by atoms with van der Waals surface area (Å²) in [4.78, 5) is 26.8. The number of carbonyl (C=O) groups excluding carboxylic acids is 1. The third-order valence-electron chi connectivity index (χ3n) is 4.67. The average Bonchev–Trinajstić information content (AvgIpc) is 3.47. The maximum atomic E-state index is 14.6. The normalized spacial score (nSPS) is 15.3. The molecule has 6 N–H and O–H groups in total. The molecule has 1 aliphatic rings. The van der Waals surface area contributed by atoms with Crippen molar-refractivity contribution in [2.45, 2.75) is 31.8 Å². The van der Waals surface area contributed by atoms with Gasteiger partial charge in [-0.25, -0.2) is 18.6 Å². The van der Waals surface area contributed by atoms with Crippen LogP contribution in [-0.2, 0) is 0 Å². The van der Waals surface area contributed by atoms with Crippen molar-refractivity contribution in [1.29, 1.82) is 0 Å². The van der Waals surface area contributed by atoms with Crippen molar-refractivity contribution in [2.75, 3.05) is 10.6 Å². The summed E-state index contributed by atoms with van der Waals surface area (Å²) in [5.74, 6) is -2.09. The van der Waals surface area contributed by atoms with E-state index in [1.807, 2.05) is 0 Å². The van der Waals surface area contributed by atoms with E-state index in [2.05, 4.69) is 20.9 Å². The van der Waals surface area contributed by atoms with Crippen molar-refractivity contribution < 1.29 is 23.5 Å². The molecule has 0 saturated heterocycles. The minimum atomic E-state index is -1.18. The highest BCUT2D eigenvalue weighted by molar-refractivity contribution is 5.98. The van der Waals surface area contributed by atoms with Crippen molar-refractivity contribution in [2.24, 2.45) is 11.7 Å². The number of aromatic nitrogens is 1. The van der Waals surface area contributed by atoms with Crippen LogP contribution in [0.5, 0.6) is 0 Å². The molecule has 1 heterocycles. The van der Waals surface area contributed by atoms with Crippen LogP contribution < -0.4 is 21.7 Å². The molecule has 8 nitrogen and oxygen atoms in total. The van der Waals surface area contributed by atoms with Crippen molar-refractivity contribution in [3.63, 3.8) is 0 Å². The number of nitrogens with two attached hydrogens (primary N) is 1. The van der Waals surface area contributed by atoms with Gasteiger partial charge in [-0.2, -0.15) is 0 Å². The molecule has 1 fully saturated rings. The lowest BCUT2D eigenvalue weighted by Crippen LogP contribution is -2.45. The second kappa shape index (κ2) is 8.29. The molecular formula is C19H21F2N5O3. The summed E-state index contributed by atoms with van der Waals surface area (Å²) in [7, 11) is 0. The zero-order valence-corrected chi connectivity index (χ0v) is 15.6. The third-order valence-corrected chi connectivity index (χ3v) is 4.67. The largest absolute Gasteiger partial charge is 0.465 e. The lowest BCUT2D eigenvalue weighted by Gasteiger charge is -2.26. The lowest BCUT2D eigenvalue weighted by molar-refractivity contribution is 0.100. The minimum absolute atomic E-state index is 0.00130. The summed E-state index contributed by atoms with van der Waals surface area (Å²) in [5, 5.41) is 17.1. The van der Waals surface area contributed by atoms with Crippen LogP contribution in [0.4, 0.5) is 30.9 Å². The van der Waals surface area contributed by atoms with E-state index in [9.17, 15) is 18.4 Å². The standard InChI is InChI=1S/C19H21F2N5O3/c1-9(23-19(28)29)15(10-2-3-10)25-18-14(21)8-13(16(22)27)17(26-18)24-12-6-4-11(20)5-7-12/h4-10,15,23H,2-3H2,1H3,(H2,22,27)(H,28,29)(H2,24,25,26)/t9-,15+/m0/s1. The van der Waals surface area contributed by atoms with Crippen LogP contribution in [0.1, 0.15) is 30.1 Å². The van der Waals surface area contributed by atoms with Gasteiger partial charge in [0.05, 0.1) is 11.6 Å². The highest BCUT2D eigenvalue weighted by Crippen LogP contribution is 2.36. The number of primary amides is 1. The molecule has 1 aliphatic carbocycles. The Kier molecular flexibility index (Phi) is 5.81. The molecule has 0 unspecified atom stereocenters. The Morgan fingerprint density at radius 2 is 1.86 bits per heavy atom. The van der Waals surface area contributed by atoms with Crippen LogP contribution in [-0.4, -0.2) is 34.2 Å². The second-order valence-corrected chi connectivity index (χ2v) is 6.96. The molecule has 10 heteroatoms. The SMILES string of the molecule is C[C@H](NC(=O)O)[C@@H](Nc1nc(Nc2ccc(F)cc2)c(C(N)=O)cc1F)C1CC1. The molecule has 1 aromatic heterocycles. The van der Waals surface area contributed by atoms with E-state index in [1.165, 1.54) is 24.3 Å². The number of rotatable bonds is 8. The average molecular weight is 405 g/mol. The van der Waals surface area contributed by atoms with Crippen molar-refractivity contribution >= 4 is 29.3 Å². The first-order valence-electron chi connectivity index (χ1n) is 9.03. The molecule has 3 rings (SSSR count). The van der Waals surface area contributed by atoms with Gasteiger partial charge in [0.1, 0.15) is 11.6 Å². The monoisotopic (exact) mass is 405 g/mol. The van der Waals surface area contributed by atoms with E-state index < -0.39 is 29.7 Å². The van der Waals surface area contributed by atoms with Gasteiger partial charge in [-0.3, -0.25) is 4.79 Å². The number of nitrogens with zero attached hydrogens (tertiary/aromatic N) is 1. The smallest absolute Gasteiger partial charge is 0.404 e. The first-order valence-corrected chi connectivity index (χ1v) is 9.03. The van der Waals surface area contributed by atoms with Gasteiger partial charge in [0.2, 0.25) is 0 Å². The quantitative estimate of drug-likeness (QED) is 0.459. The topological polar surface area (TPSA) is 129 Å². The fourth-order valence-corrected chi connectivity index (χ4v) is 3.09. The zero-order valence-electron chi connectivity index (χ0n) is 15.6. The second-order valence-electron chi connectivity index (χ2n) is 6.96. The Bertz CT molecular complexity index is 919. The van der Waals surface area contributed by atoms with Gasteiger partial charge in [-0.05, 0) is 56.0 Å². The van der Waals surface area contributed by atoms with Crippen LogP contribution in [0.2, 0.25) is 0 Å². The molecule has 0 spiro atoms. The molecule has 0 radical (unpaired) electrons. The number of hydrogen-bond acceptors (Lipinski definition) is 5. The number of anilines is 3. The number of hydrogen-bond donors (Lipinski definition) is 5. The van der Waals surface area contributed by atoms with Gasteiger partial charge in [-0.1, -0.05) is 0 Å². The Labute approximate surface area is 165 Å². The summed E-state index contributed by atoms with van der Waals surface area (Å²) in [5.41, 5.74) is 5.59. The molecule has 0 aliphatic heterocycles. The van der Waals surface area contributed by atoms with Crippen LogP contribution in [0.3, 0.4) is 0 Å². The molecule has 154 valence electrons. The van der Waals surface area contributed by atoms with Gasteiger partial charge in [0.15, 0.2) is 11.6 Å². The molecule has 0 bridgehead atoms. The van der Waals surface area contributed by atoms with Crippen molar-refractivity contribution in [1.82, 2.24) is 10.3 Å². The number of halogens is 2. The number of pyridine rings is 1. The Morgan fingerprint density at radius 3 is 2.41 bits per heavy atom. The summed E-state index contributed by atoms with van der Waals surface area (Å²) in [6.07, 6.45) is 0.580. The zero-order chi connectivity index (χ0) is 21.1. The van der Waals surface area contributed by atoms with Crippen molar-refractivity contribution in [3.05, 3.63) is 47.5 Å². The first kappa shape index (κ1) is 20.3. The molecule has 2 amide bonds. The molecule has 2 atom stereocenters. The highest BCUT2D eigenvalue weighted by atomic mass is 19.1. The fraction of sp³-hybridized carbons (Fsp3) is 0.316. The fourth-order valence-electron chi connectivity index (χ4n) is 3.09. The summed E-state index contributed by atoms with van der Waals surface area (Å²) < 4.78 is 27.7. The van der Waals surface area contributed by atoms with Crippen LogP contribution in [0, 0.1) is 17.6 Å². The number of nitrogens with one attached hydrogen (secondary N) is 3. The van der Waals surface area contributed by atoms with Gasteiger partial charge < -0.3 is 26.8 Å². The third kappa shape index (κ3) is 5.09. The highest BCUT2D eigenvalue weighted by Gasteiger charge is 2.36. The van der Waals surface area contributed by atoms with Gasteiger partial charge in [-0.15, -0.1) is 0 Å². The number of carboxylic acid groups (broad SMARTS) is 1. The Morgan fingerprint density at radius 1 is 1.21 bits per heavy atom. The molecule has 1 aromatic carbocycles. The minimum Gasteiger partial charge on any atom is -0.465 e. The van der Waals surface area contributed by atoms with Gasteiger partial charge in [0.25, 0.3) is 5.91 Å². The first-order chi connectivity index (χ1) is 13.7. The van der Waals surface area contributed by atoms with Crippen LogP contribution >= 0.6 is 0 Å². The van der Waals surface area contributed by atoms with Gasteiger partial charge >= 0.3 is 6.09 Å². The van der Waals surface area contributed by atoms with E-state index in [-0.39, 0.29) is 29.2 Å². The number of amides is 2. The van der Waals surface area contributed by atoms with E-state index in [0.29, 0.717) is 5.69 Å².